The molecule has 2 rings (SSSR count). The Bertz CT molecular complexity index is 852. The van der Waals surface area contributed by atoms with Crippen molar-refractivity contribution in [2.75, 3.05) is 0 Å². The third kappa shape index (κ3) is 11.0. The quantitative estimate of drug-likeness (QED) is 0.188. The van der Waals surface area contributed by atoms with Crippen molar-refractivity contribution in [3.8, 4) is 0 Å². The van der Waals surface area contributed by atoms with Crippen molar-refractivity contribution in [1.82, 2.24) is 0 Å². The van der Waals surface area contributed by atoms with Crippen molar-refractivity contribution in [3.63, 3.8) is 0 Å². The highest BCUT2D eigenvalue weighted by atomic mass is 16.4. The highest BCUT2D eigenvalue weighted by Gasteiger charge is 2.03. The summed E-state index contributed by atoms with van der Waals surface area (Å²) in [6.45, 7) is 1.95. The van der Waals surface area contributed by atoms with Crippen LogP contribution in [-0.4, -0.2) is 11.1 Å². The van der Waals surface area contributed by atoms with Gasteiger partial charge in [-0.15, -0.1) is 0 Å². The fourth-order valence-corrected chi connectivity index (χ4v) is 4.43. The number of rotatable bonds is 18. The molecule has 0 fully saturated rings. The molecule has 32 heavy (non-hydrogen) atoms. The Balaban J connectivity index is 1.39. The standard InChI is InChI=1S/C28H42O4/c1-23-21-28(31)32-26-22-24(19-20-25(23)26)17-15-13-11-9-7-5-3-2-4-6-8-10-12-14-16-18-27(29)30/h19-22H,2-18H2,1H3,(H,29,30). The third-order valence-electron chi connectivity index (χ3n) is 6.37. The number of aliphatic carboxylic acids is 1. The lowest BCUT2D eigenvalue weighted by Gasteiger charge is -2.05. The number of carboxylic acids is 1. The van der Waals surface area contributed by atoms with E-state index in [1.165, 1.54) is 89.0 Å². The predicted octanol–water partition coefficient (Wildman–Crippen LogP) is 7.97. The monoisotopic (exact) mass is 442 g/mol. The molecule has 0 bridgehead atoms. The van der Waals surface area contributed by atoms with Gasteiger partial charge in [0.2, 0.25) is 0 Å². The molecule has 0 amide bonds. The Labute approximate surface area is 193 Å². The number of carboxylic acid groups (broad SMARTS) is 1. The molecule has 0 saturated heterocycles. The fraction of sp³-hybridized carbons (Fsp3) is 0.643. The zero-order valence-electron chi connectivity index (χ0n) is 20.0. The summed E-state index contributed by atoms with van der Waals surface area (Å²) in [4.78, 5) is 22.0. The molecule has 0 unspecified atom stereocenters. The van der Waals surface area contributed by atoms with Gasteiger partial charge in [-0.1, -0.05) is 95.6 Å². The number of benzene rings is 1. The summed E-state index contributed by atoms with van der Waals surface area (Å²) in [5.74, 6) is -0.668. The molecule has 4 nitrogen and oxygen atoms in total. The molecule has 178 valence electrons. The van der Waals surface area contributed by atoms with Gasteiger partial charge < -0.3 is 9.52 Å². The van der Waals surface area contributed by atoms with Gasteiger partial charge >= 0.3 is 11.6 Å². The van der Waals surface area contributed by atoms with Crippen LogP contribution >= 0.6 is 0 Å². The summed E-state index contributed by atoms with van der Waals surface area (Å²) in [7, 11) is 0. The number of fused-ring (bicyclic) bond motifs is 1. The minimum Gasteiger partial charge on any atom is -0.481 e. The molecular formula is C28H42O4. The largest absolute Gasteiger partial charge is 0.481 e. The lowest BCUT2D eigenvalue weighted by Crippen LogP contribution is -1.98. The number of unbranched alkanes of at least 4 members (excludes halogenated alkanes) is 14. The van der Waals surface area contributed by atoms with Crippen LogP contribution in [0.5, 0.6) is 0 Å². The third-order valence-corrected chi connectivity index (χ3v) is 6.37. The number of hydrogen-bond acceptors (Lipinski definition) is 3. The summed E-state index contributed by atoms with van der Waals surface area (Å²) >= 11 is 0. The average molecular weight is 443 g/mol. The Hall–Kier alpha value is -2.10. The van der Waals surface area contributed by atoms with Crippen molar-refractivity contribution in [3.05, 3.63) is 45.8 Å². The van der Waals surface area contributed by atoms with Crippen LogP contribution in [0.3, 0.4) is 0 Å². The van der Waals surface area contributed by atoms with Crippen LogP contribution in [0.2, 0.25) is 0 Å². The SMILES string of the molecule is Cc1cc(=O)oc2cc(CCCCCCCCCCCCCCCCCC(=O)O)ccc12. The van der Waals surface area contributed by atoms with Crippen molar-refractivity contribution in [1.29, 1.82) is 0 Å². The molecule has 0 saturated carbocycles. The molecular weight excluding hydrogens is 400 g/mol. The van der Waals surface area contributed by atoms with Crippen LogP contribution in [0, 0.1) is 6.92 Å². The Morgan fingerprint density at radius 1 is 0.750 bits per heavy atom. The van der Waals surface area contributed by atoms with Gasteiger partial charge in [-0.2, -0.15) is 0 Å². The lowest BCUT2D eigenvalue weighted by atomic mass is 10.0. The molecule has 1 heterocycles. The molecule has 2 aromatic rings. The van der Waals surface area contributed by atoms with Crippen molar-refractivity contribution in [2.45, 2.75) is 116 Å². The predicted molar refractivity (Wildman–Crippen MR) is 132 cm³/mol. The summed E-state index contributed by atoms with van der Waals surface area (Å²) in [5, 5.41) is 9.63. The molecule has 0 aliphatic carbocycles. The highest BCUT2D eigenvalue weighted by Crippen LogP contribution is 2.20. The van der Waals surface area contributed by atoms with Crippen LogP contribution < -0.4 is 5.63 Å². The van der Waals surface area contributed by atoms with E-state index in [4.69, 9.17) is 9.52 Å². The van der Waals surface area contributed by atoms with Crippen LogP contribution in [0.4, 0.5) is 0 Å². The van der Waals surface area contributed by atoms with Crippen LogP contribution in [0.15, 0.2) is 33.5 Å². The van der Waals surface area contributed by atoms with Gasteiger partial charge in [-0.05, 0) is 43.4 Å². The molecule has 1 aromatic carbocycles. The Kier molecular flexibility index (Phi) is 12.8. The number of aryl methyl sites for hydroxylation is 2. The molecule has 0 radical (unpaired) electrons. The van der Waals surface area contributed by atoms with Gasteiger partial charge in [0.1, 0.15) is 5.58 Å². The zero-order valence-corrected chi connectivity index (χ0v) is 20.0. The summed E-state index contributed by atoms with van der Waals surface area (Å²) in [5.41, 5.74) is 2.68. The van der Waals surface area contributed by atoms with E-state index in [0.29, 0.717) is 12.0 Å². The minimum absolute atomic E-state index is 0.267. The van der Waals surface area contributed by atoms with Gasteiger partial charge in [0, 0.05) is 17.9 Å². The number of hydrogen-bond donors (Lipinski definition) is 1. The van der Waals surface area contributed by atoms with E-state index in [-0.39, 0.29) is 5.63 Å². The first-order chi connectivity index (χ1) is 15.6. The van der Waals surface area contributed by atoms with E-state index in [1.807, 2.05) is 13.0 Å². The van der Waals surface area contributed by atoms with Crippen molar-refractivity contribution in [2.24, 2.45) is 0 Å². The van der Waals surface area contributed by atoms with Crippen LogP contribution in [0.1, 0.15) is 114 Å². The van der Waals surface area contributed by atoms with Crippen molar-refractivity contribution < 1.29 is 14.3 Å². The minimum atomic E-state index is -0.668. The second kappa shape index (κ2) is 15.7. The topological polar surface area (TPSA) is 67.5 Å². The first-order valence-electron chi connectivity index (χ1n) is 12.8. The molecule has 0 aliphatic rings. The molecule has 1 aromatic heterocycles. The van der Waals surface area contributed by atoms with E-state index in [2.05, 4.69) is 12.1 Å². The first kappa shape index (κ1) is 26.2. The van der Waals surface area contributed by atoms with Gasteiger partial charge in [-0.3, -0.25) is 4.79 Å². The zero-order chi connectivity index (χ0) is 23.0. The van der Waals surface area contributed by atoms with Gasteiger partial charge in [0.15, 0.2) is 0 Å². The molecule has 0 atom stereocenters. The maximum atomic E-state index is 11.6. The van der Waals surface area contributed by atoms with Gasteiger partial charge in [-0.25, -0.2) is 4.79 Å². The molecule has 1 N–H and O–H groups in total. The Morgan fingerprint density at radius 3 is 1.78 bits per heavy atom. The lowest BCUT2D eigenvalue weighted by molar-refractivity contribution is -0.137. The van der Waals surface area contributed by atoms with Gasteiger partial charge in [0.25, 0.3) is 0 Å². The maximum absolute atomic E-state index is 11.6. The van der Waals surface area contributed by atoms with E-state index < -0.39 is 5.97 Å². The molecule has 0 aliphatic heterocycles. The molecule has 4 heteroatoms. The second-order valence-corrected chi connectivity index (χ2v) is 9.28. The number of carbonyl (C=O) groups is 1. The smallest absolute Gasteiger partial charge is 0.336 e. The van der Waals surface area contributed by atoms with Crippen LogP contribution in [-0.2, 0) is 11.2 Å². The van der Waals surface area contributed by atoms with Crippen LogP contribution in [0.25, 0.3) is 11.0 Å². The normalized spacial score (nSPS) is 11.3. The van der Waals surface area contributed by atoms with E-state index in [1.54, 1.807) is 6.07 Å². The van der Waals surface area contributed by atoms with Gasteiger partial charge in [0.05, 0.1) is 0 Å². The van der Waals surface area contributed by atoms with E-state index >= 15 is 0 Å². The summed E-state index contributed by atoms with van der Waals surface area (Å²) in [6, 6.07) is 7.82. The van der Waals surface area contributed by atoms with E-state index in [0.717, 1.165) is 30.2 Å². The molecule has 0 spiro atoms. The fourth-order valence-electron chi connectivity index (χ4n) is 4.43. The second-order valence-electron chi connectivity index (χ2n) is 9.28. The first-order valence-corrected chi connectivity index (χ1v) is 12.8. The van der Waals surface area contributed by atoms with Crippen molar-refractivity contribution >= 4 is 16.9 Å². The maximum Gasteiger partial charge on any atom is 0.336 e. The Morgan fingerprint density at radius 2 is 1.25 bits per heavy atom. The summed E-state index contributed by atoms with van der Waals surface area (Å²) in [6.07, 6.45) is 20.2. The van der Waals surface area contributed by atoms with E-state index in [9.17, 15) is 9.59 Å². The average Bonchev–Trinajstić information content (AvgIpc) is 2.75. The summed E-state index contributed by atoms with van der Waals surface area (Å²) < 4.78 is 5.35. The highest BCUT2D eigenvalue weighted by molar-refractivity contribution is 5.80.